The monoisotopic (exact) mass is 270 g/mol. The first-order valence-electron chi connectivity index (χ1n) is 7.03. The second kappa shape index (κ2) is 5.54. The van der Waals surface area contributed by atoms with Crippen molar-refractivity contribution < 1.29 is 8.78 Å². The zero-order valence-corrected chi connectivity index (χ0v) is 10.9. The number of alkyl halides is 2. The smallest absolute Gasteiger partial charge is 0.312 e. The van der Waals surface area contributed by atoms with E-state index < -0.39 is 6.55 Å². The van der Waals surface area contributed by atoms with Crippen LogP contribution in [0, 0.1) is 0 Å². The van der Waals surface area contributed by atoms with Crippen LogP contribution in [0.5, 0.6) is 0 Å². The summed E-state index contributed by atoms with van der Waals surface area (Å²) in [6, 6.07) is 1.00. The second-order valence-corrected chi connectivity index (χ2v) is 5.41. The Labute approximate surface area is 111 Å². The molecule has 0 spiro atoms. The first-order valence-corrected chi connectivity index (χ1v) is 7.03. The summed E-state index contributed by atoms with van der Waals surface area (Å²) in [6.45, 7) is 0.0999. The van der Waals surface area contributed by atoms with Gasteiger partial charge >= 0.3 is 6.55 Å². The number of aromatic nitrogens is 2. The van der Waals surface area contributed by atoms with Gasteiger partial charge in [0.25, 0.3) is 0 Å². The Balaban J connectivity index is 1.69. The van der Waals surface area contributed by atoms with Crippen molar-refractivity contribution in [2.75, 3.05) is 13.1 Å². The summed E-state index contributed by atoms with van der Waals surface area (Å²) in [5, 5.41) is 3.53. The summed E-state index contributed by atoms with van der Waals surface area (Å²) < 4.78 is 26.6. The maximum Gasteiger partial charge on any atom is 0.319 e. The van der Waals surface area contributed by atoms with Crippen LogP contribution in [0.3, 0.4) is 0 Å². The minimum atomic E-state index is -2.50. The first-order chi connectivity index (χ1) is 9.25. The molecule has 0 bridgehead atoms. The van der Waals surface area contributed by atoms with Gasteiger partial charge < -0.3 is 5.32 Å². The van der Waals surface area contributed by atoms with E-state index in [1.165, 1.54) is 25.2 Å². The maximum absolute atomic E-state index is 12.8. The van der Waals surface area contributed by atoms with Gasteiger partial charge in [-0.2, -0.15) is 8.78 Å². The third kappa shape index (κ3) is 2.65. The van der Waals surface area contributed by atoms with E-state index in [1.54, 1.807) is 0 Å². The fourth-order valence-corrected chi connectivity index (χ4v) is 3.37. The number of halogens is 2. The molecule has 4 nitrogen and oxygen atoms in total. The van der Waals surface area contributed by atoms with E-state index >= 15 is 0 Å². The van der Waals surface area contributed by atoms with Crippen LogP contribution in [0.15, 0.2) is 12.4 Å². The molecule has 0 radical (unpaired) electrons. The average Bonchev–Trinajstić information content (AvgIpc) is 3.09. The molecule has 6 heteroatoms. The van der Waals surface area contributed by atoms with Gasteiger partial charge in [-0.05, 0) is 38.8 Å². The fraction of sp³-hybridized carbons (Fsp3) is 0.769. The van der Waals surface area contributed by atoms with Gasteiger partial charge in [0.2, 0.25) is 0 Å². The highest BCUT2D eigenvalue weighted by atomic mass is 19.3. The van der Waals surface area contributed by atoms with Crippen LogP contribution in [0.1, 0.15) is 38.1 Å². The van der Waals surface area contributed by atoms with Gasteiger partial charge in [0.1, 0.15) is 5.82 Å². The second-order valence-electron chi connectivity index (χ2n) is 5.41. The lowest BCUT2D eigenvalue weighted by Gasteiger charge is -2.29. The molecule has 0 aromatic carbocycles. The normalized spacial score (nSPS) is 28.6. The zero-order chi connectivity index (χ0) is 13.2. The Bertz CT molecular complexity index is 415. The van der Waals surface area contributed by atoms with E-state index in [2.05, 4.69) is 15.2 Å². The van der Waals surface area contributed by atoms with Crippen molar-refractivity contribution >= 4 is 0 Å². The van der Waals surface area contributed by atoms with E-state index in [-0.39, 0.29) is 0 Å². The summed E-state index contributed by atoms with van der Waals surface area (Å²) in [6.07, 6.45) is 7.55. The van der Waals surface area contributed by atoms with Crippen LogP contribution >= 0.6 is 0 Å². The van der Waals surface area contributed by atoms with Gasteiger partial charge in [-0.3, -0.25) is 9.47 Å². The third-order valence-electron chi connectivity index (χ3n) is 4.28. The minimum Gasteiger partial charge on any atom is -0.312 e. The van der Waals surface area contributed by atoms with Gasteiger partial charge in [0.15, 0.2) is 0 Å². The number of nitrogens with zero attached hydrogens (tertiary/aromatic N) is 3. The van der Waals surface area contributed by atoms with Crippen LogP contribution in [0.25, 0.3) is 0 Å². The molecule has 2 aliphatic heterocycles. The minimum absolute atomic E-state index is 0.472. The lowest BCUT2D eigenvalue weighted by atomic mass is 10.0. The Morgan fingerprint density at radius 1 is 1.37 bits per heavy atom. The molecule has 2 saturated heterocycles. The van der Waals surface area contributed by atoms with E-state index in [1.807, 2.05) is 0 Å². The highest BCUT2D eigenvalue weighted by Crippen LogP contribution is 2.26. The van der Waals surface area contributed by atoms with E-state index in [0.717, 1.165) is 30.5 Å². The Kier molecular flexibility index (Phi) is 3.79. The Morgan fingerprint density at radius 3 is 3.00 bits per heavy atom. The van der Waals surface area contributed by atoms with E-state index in [0.29, 0.717) is 24.5 Å². The van der Waals surface area contributed by atoms with Gasteiger partial charge in [0.05, 0.1) is 6.54 Å². The van der Waals surface area contributed by atoms with Crippen molar-refractivity contribution in [3.63, 3.8) is 0 Å². The van der Waals surface area contributed by atoms with E-state index in [9.17, 15) is 8.78 Å². The van der Waals surface area contributed by atoms with Gasteiger partial charge in [0, 0.05) is 24.5 Å². The maximum atomic E-state index is 12.8. The molecular formula is C13H20F2N4. The zero-order valence-electron chi connectivity index (χ0n) is 10.9. The molecule has 1 aromatic heterocycles. The molecule has 0 saturated carbocycles. The van der Waals surface area contributed by atoms with Crippen LogP contribution in [0.4, 0.5) is 8.78 Å². The third-order valence-corrected chi connectivity index (χ3v) is 4.28. The number of rotatable bonds is 4. The van der Waals surface area contributed by atoms with Gasteiger partial charge in [-0.1, -0.05) is 0 Å². The van der Waals surface area contributed by atoms with Gasteiger partial charge in [-0.25, -0.2) is 4.98 Å². The molecule has 106 valence electrons. The summed E-state index contributed by atoms with van der Waals surface area (Å²) in [5.74, 6) is 0.472. The molecule has 2 atom stereocenters. The Hall–Kier alpha value is -1.01. The molecule has 2 unspecified atom stereocenters. The van der Waals surface area contributed by atoms with Gasteiger partial charge in [-0.15, -0.1) is 0 Å². The molecule has 0 amide bonds. The summed E-state index contributed by atoms with van der Waals surface area (Å²) in [7, 11) is 0. The quantitative estimate of drug-likeness (QED) is 0.908. The number of likely N-dealkylation sites (tertiary alicyclic amines) is 1. The molecule has 19 heavy (non-hydrogen) atoms. The summed E-state index contributed by atoms with van der Waals surface area (Å²) in [4.78, 5) is 6.39. The molecule has 1 aromatic rings. The summed E-state index contributed by atoms with van der Waals surface area (Å²) >= 11 is 0. The first kappa shape index (κ1) is 13.0. The molecule has 3 heterocycles. The van der Waals surface area contributed by atoms with E-state index in [4.69, 9.17) is 0 Å². The van der Waals surface area contributed by atoms with Crippen LogP contribution in [0.2, 0.25) is 0 Å². The van der Waals surface area contributed by atoms with Crippen LogP contribution in [-0.2, 0) is 6.54 Å². The average molecular weight is 270 g/mol. The number of nitrogens with one attached hydrogen (secondary N) is 1. The molecule has 2 aliphatic rings. The number of imidazole rings is 1. The van der Waals surface area contributed by atoms with Crippen LogP contribution < -0.4 is 5.32 Å². The predicted octanol–water partition coefficient (Wildman–Crippen LogP) is 1.99. The molecule has 0 aliphatic carbocycles. The topological polar surface area (TPSA) is 33.1 Å². The molecule has 3 rings (SSSR count). The number of hydrogen-bond acceptors (Lipinski definition) is 3. The van der Waals surface area contributed by atoms with Crippen LogP contribution in [-0.4, -0.2) is 39.6 Å². The van der Waals surface area contributed by atoms with Crippen molar-refractivity contribution in [3.8, 4) is 0 Å². The molecule has 2 fully saturated rings. The highest BCUT2D eigenvalue weighted by molar-refractivity contribution is 4.98. The molecular weight excluding hydrogens is 250 g/mol. The standard InChI is InChI=1S/C13H20F2N4/c14-13(15)19-8-6-17-12(19)9-18-7-2-4-11(18)10-3-1-5-16-10/h6,8,10-11,13,16H,1-5,7,9H2. The lowest BCUT2D eigenvalue weighted by Crippen LogP contribution is -2.43. The van der Waals surface area contributed by atoms with Crippen molar-refractivity contribution in [1.29, 1.82) is 0 Å². The SMILES string of the molecule is FC(F)n1ccnc1CN1CCCC1C1CCCN1. The number of hydrogen-bond donors (Lipinski definition) is 1. The van der Waals surface area contributed by atoms with Crippen molar-refractivity contribution in [1.82, 2.24) is 19.8 Å². The van der Waals surface area contributed by atoms with Crippen molar-refractivity contribution in [3.05, 3.63) is 18.2 Å². The lowest BCUT2D eigenvalue weighted by molar-refractivity contribution is 0.0629. The summed E-state index contributed by atoms with van der Waals surface area (Å²) in [5.41, 5.74) is 0. The Morgan fingerprint density at radius 2 is 2.26 bits per heavy atom. The highest BCUT2D eigenvalue weighted by Gasteiger charge is 2.33. The fourth-order valence-electron chi connectivity index (χ4n) is 3.37. The van der Waals surface area contributed by atoms with Crippen molar-refractivity contribution in [2.45, 2.75) is 50.9 Å². The molecule has 1 N–H and O–H groups in total. The predicted molar refractivity (Wildman–Crippen MR) is 67.9 cm³/mol. The largest absolute Gasteiger partial charge is 0.319 e. The van der Waals surface area contributed by atoms with Crippen molar-refractivity contribution in [2.24, 2.45) is 0 Å².